The Morgan fingerprint density at radius 2 is 2.00 bits per heavy atom. The predicted molar refractivity (Wildman–Crippen MR) is 79.7 cm³/mol. The summed E-state index contributed by atoms with van der Waals surface area (Å²) in [6.45, 7) is 0.542. The Labute approximate surface area is 132 Å². The number of carboxylic acid groups (broad SMARTS) is 1. The zero-order chi connectivity index (χ0) is 15.1. The predicted octanol–water partition coefficient (Wildman–Crippen LogP) is 3.17. The Morgan fingerprint density at radius 3 is 2.67 bits per heavy atom. The third-order valence-corrected chi connectivity index (χ3v) is 5.04. The van der Waals surface area contributed by atoms with Gasteiger partial charge in [0.05, 0.1) is 10.0 Å². The quantitative estimate of drug-likeness (QED) is 0.927. The maximum atomic E-state index is 12.5. The van der Waals surface area contributed by atoms with E-state index in [1.807, 2.05) is 6.07 Å². The number of aliphatic carboxylic acids is 1. The molecule has 1 saturated carbocycles. The molecule has 21 heavy (non-hydrogen) atoms. The van der Waals surface area contributed by atoms with Crippen LogP contribution >= 0.6 is 23.2 Å². The van der Waals surface area contributed by atoms with Gasteiger partial charge in [-0.05, 0) is 42.9 Å². The lowest BCUT2D eigenvalue weighted by Crippen LogP contribution is -2.41. The first-order chi connectivity index (χ1) is 9.99. The number of carbonyl (C=O) groups excluding carboxylic acids is 1. The summed E-state index contributed by atoms with van der Waals surface area (Å²) in [5, 5.41) is 10.1. The fourth-order valence-corrected chi connectivity index (χ4v) is 3.39. The SMILES string of the molecule is O=C(O)[C@H]1CCCN1C(=O)C1CC1c1ccc(Cl)c(Cl)c1. The maximum absolute atomic E-state index is 12.5. The lowest BCUT2D eigenvalue weighted by atomic mass is 10.1. The second kappa shape index (κ2) is 5.50. The molecule has 112 valence electrons. The number of rotatable bonds is 3. The van der Waals surface area contributed by atoms with Gasteiger partial charge >= 0.3 is 5.97 Å². The average Bonchev–Trinajstić information content (AvgIpc) is 3.08. The molecule has 0 aromatic heterocycles. The summed E-state index contributed by atoms with van der Waals surface area (Å²) in [5.74, 6) is -0.951. The molecule has 1 aliphatic heterocycles. The van der Waals surface area contributed by atoms with Crippen molar-refractivity contribution in [2.24, 2.45) is 5.92 Å². The summed E-state index contributed by atoms with van der Waals surface area (Å²) in [5.41, 5.74) is 0.994. The molecule has 1 aromatic carbocycles. The molecule has 3 rings (SSSR count). The molecule has 2 fully saturated rings. The summed E-state index contributed by atoms with van der Waals surface area (Å²) >= 11 is 11.9. The van der Waals surface area contributed by atoms with Gasteiger partial charge in [-0.3, -0.25) is 4.79 Å². The maximum Gasteiger partial charge on any atom is 0.326 e. The van der Waals surface area contributed by atoms with Crippen molar-refractivity contribution in [1.82, 2.24) is 4.90 Å². The van der Waals surface area contributed by atoms with Gasteiger partial charge in [-0.25, -0.2) is 4.79 Å². The van der Waals surface area contributed by atoms with Crippen molar-refractivity contribution < 1.29 is 14.7 Å². The molecule has 1 heterocycles. The molecule has 6 heteroatoms. The largest absolute Gasteiger partial charge is 0.480 e. The molecule has 1 aromatic rings. The van der Waals surface area contributed by atoms with Crippen LogP contribution in [-0.2, 0) is 9.59 Å². The smallest absolute Gasteiger partial charge is 0.326 e. The average molecular weight is 328 g/mol. The molecule has 1 saturated heterocycles. The first-order valence-electron chi connectivity index (χ1n) is 6.97. The van der Waals surface area contributed by atoms with E-state index in [0.717, 1.165) is 18.4 Å². The Hall–Kier alpha value is -1.26. The van der Waals surface area contributed by atoms with Gasteiger partial charge in [-0.1, -0.05) is 29.3 Å². The van der Waals surface area contributed by atoms with Crippen LogP contribution in [0, 0.1) is 5.92 Å². The van der Waals surface area contributed by atoms with E-state index < -0.39 is 12.0 Å². The highest BCUT2D eigenvalue weighted by Crippen LogP contribution is 2.50. The minimum absolute atomic E-state index is 0.0454. The molecular formula is C15H15Cl2NO3. The van der Waals surface area contributed by atoms with Crippen molar-refractivity contribution in [3.63, 3.8) is 0 Å². The van der Waals surface area contributed by atoms with Crippen molar-refractivity contribution in [3.8, 4) is 0 Å². The fourth-order valence-electron chi connectivity index (χ4n) is 3.08. The molecule has 0 bridgehead atoms. The van der Waals surface area contributed by atoms with E-state index in [0.29, 0.717) is 23.0 Å². The van der Waals surface area contributed by atoms with Crippen molar-refractivity contribution in [2.45, 2.75) is 31.2 Å². The summed E-state index contributed by atoms with van der Waals surface area (Å²) in [4.78, 5) is 25.1. The lowest BCUT2D eigenvalue weighted by Gasteiger charge is -2.21. The molecule has 2 unspecified atom stereocenters. The van der Waals surface area contributed by atoms with Gasteiger partial charge < -0.3 is 10.0 Å². The minimum Gasteiger partial charge on any atom is -0.480 e. The third-order valence-electron chi connectivity index (χ3n) is 4.30. The monoisotopic (exact) mass is 327 g/mol. The Morgan fingerprint density at radius 1 is 1.24 bits per heavy atom. The Kier molecular flexibility index (Phi) is 3.84. The minimum atomic E-state index is -0.910. The van der Waals surface area contributed by atoms with Crippen LogP contribution in [0.3, 0.4) is 0 Å². The lowest BCUT2D eigenvalue weighted by molar-refractivity contribution is -0.148. The van der Waals surface area contributed by atoms with Crippen LogP contribution in [0.1, 0.15) is 30.7 Å². The molecule has 0 spiro atoms. The van der Waals surface area contributed by atoms with Gasteiger partial charge in [0, 0.05) is 12.5 Å². The van der Waals surface area contributed by atoms with Crippen LogP contribution in [0.5, 0.6) is 0 Å². The molecule has 3 atom stereocenters. The zero-order valence-corrected chi connectivity index (χ0v) is 12.8. The number of nitrogens with zero attached hydrogens (tertiary/aromatic N) is 1. The van der Waals surface area contributed by atoms with Crippen molar-refractivity contribution in [2.75, 3.05) is 6.54 Å². The summed E-state index contributed by atoms with van der Waals surface area (Å²) in [7, 11) is 0. The van der Waals surface area contributed by atoms with Crippen LogP contribution < -0.4 is 0 Å². The number of hydrogen-bond acceptors (Lipinski definition) is 2. The molecule has 2 aliphatic rings. The first-order valence-corrected chi connectivity index (χ1v) is 7.73. The van der Waals surface area contributed by atoms with Crippen molar-refractivity contribution in [1.29, 1.82) is 0 Å². The molecule has 4 nitrogen and oxygen atoms in total. The fraction of sp³-hybridized carbons (Fsp3) is 0.467. The van der Waals surface area contributed by atoms with Crippen LogP contribution in [0.4, 0.5) is 0 Å². The highest BCUT2D eigenvalue weighted by Gasteiger charge is 2.48. The Bertz CT molecular complexity index is 605. The standard InChI is InChI=1S/C15H15Cl2NO3/c16-11-4-3-8(6-12(11)17)9-7-10(9)14(19)18-5-1-2-13(18)15(20)21/h3-4,6,9-10,13H,1-2,5,7H2,(H,20,21)/t9?,10?,13-/m1/s1. The zero-order valence-electron chi connectivity index (χ0n) is 11.3. The molecule has 1 N–H and O–H groups in total. The van der Waals surface area contributed by atoms with E-state index in [1.54, 1.807) is 12.1 Å². The topological polar surface area (TPSA) is 57.6 Å². The highest BCUT2D eigenvalue weighted by molar-refractivity contribution is 6.42. The second-order valence-electron chi connectivity index (χ2n) is 5.65. The van der Waals surface area contributed by atoms with E-state index in [-0.39, 0.29) is 17.7 Å². The third kappa shape index (κ3) is 2.74. The van der Waals surface area contributed by atoms with E-state index >= 15 is 0 Å². The van der Waals surface area contributed by atoms with Crippen LogP contribution in [0.25, 0.3) is 0 Å². The second-order valence-corrected chi connectivity index (χ2v) is 6.46. The van der Waals surface area contributed by atoms with Crippen LogP contribution in [-0.4, -0.2) is 34.5 Å². The number of halogens is 2. The molecule has 1 aliphatic carbocycles. The van der Waals surface area contributed by atoms with E-state index in [4.69, 9.17) is 28.3 Å². The molecule has 1 amide bonds. The number of amides is 1. The first kappa shape index (κ1) is 14.7. The molecular weight excluding hydrogens is 313 g/mol. The van der Waals surface area contributed by atoms with Crippen molar-refractivity contribution >= 4 is 35.1 Å². The van der Waals surface area contributed by atoms with E-state index in [2.05, 4.69) is 0 Å². The number of benzene rings is 1. The normalized spacial score (nSPS) is 27.7. The van der Waals surface area contributed by atoms with Crippen molar-refractivity contribution in [3.05, 3.63) is 33.8 Å². The molecule has 0 radical (unpaired) electrons. The highest BCUT2D eigenvalue weighted by atomic mass is 35.5. The van der Waals surface area contributed by atoms with Crippen LogP contribution in [0.15, 0.2) is 18.2 Å². The van der Waals surface area contributed by atoms with Gasteiger partial charge in [0.25, 0.3) is 0 Å². The van der Waals surface area contributed by atoms with Crippen LogP contribution in [0.2, 0.25) is 10.0 Å². The summed E-state index contributed by atoms with van der Waals surface area (Å²) in [6.07, 6.45) is 2.05. The summed E-state index contributed by atoms with van der Waals surface area (Å²) in [6, 6.07) is 4.74. The van der Waals surface area contributed by atoms with Gasteiger partial charge in [0.2, 0.25) is 5.91 Å². The van der Waals surface area contributed by atoms with E-state index in [1.165, 1.54) is 4.90 Å². The summed E-state index contributed by atoms with van der Waals surface area (Å²) < 4.78 is 0. The van der Waals surface area contributed by atoms with Gasteiger partial charge in [-0.2, -0.15) is 0 Å². The Balaban J connectivity index is 1.71. The van der Waals surface area contributed by atoms with E-state index in [9.17, 15) is 9.59 Å². The van der Waals surface area contributed by atoms with Gasteiger partial charge in [-0.15, -0.1) is 0 Å². The van der Waals surface area contributed by atoms with Gasteiger partial charge in [0.1, 0.15) is 6.04 Å². The van der Waals surface area contributed by atoms with Gasteiger partial charge in [0.15, 0.2) is 0 Å². The number of carboxylic acids is 1. The number of likely N-dealkylation sites (tertiary alicyclic amines) is 1. The number of hydrogen-bond donors (Lipinski definition) is 1. The number of carbonyl (C=O) groups is 2.